The molecule has 1 saturated heterocycles. The molecule has 1 aliphatic carbocycles. The number of hydrogen-bond acceptors (Lipinski definition) is 4. The molecule has 0 bridgehead atoms. The number of rotatable bonds is 4. The van der Waals surface area contributed by atoms with Crippen molar-refractivity contribution >= 4 is 0 Å². The van der Waals surface area contributed by atoms with Crippen LogP contribution in [-0.4, -0.2) is 58.2 Å². The quantitative estimate of drug-likeness (QED) is 0.680. The van der Waals surface area contributed by atoms with E-state index in [1.807, 2.05) is 0 Å². The second-order valence-electron chi connectivity index (χ2n) is 5.21. The van der Waals surface area contributed by atoms with Crippen LogP contribution >= 0.6 is 0 Å². The number of likely N-dealkylation sites (tertiary alicyclic amines) is 1. The monoisotopic (exact) mass is 253 g/mol. The highest BCUT2D eigenvalue weighted by atomic mass is 16.3. The maximum atomic E-state index is 9.70. The van der Waals surface area contributed by atoms with Crippen LogP contribution in [-0.2, 0) is 0 Å². The van der Waals surface area contributed by atoms with Gasteiger partial charge in [-0.3, -0.25) is 4.90 Å². The first-order valence-corrected chi connectivity index (χ1v) is 6.77. The average molecular weight is 253 g/mol. The molecule has 3 atom stereocenters. The van der Waals surface area contributed by atoms with Gasteiger partial charge in [0.2, 0.25) is 0 Å². The van der Waals surface area contributed by atoms with E-state index in [0.29, 0.717) is 13.0 Å². The van der Waals surface area contributed by atoms with Crippen LogP contribution in [0.2, 0.25) is 0 Å². The molecule has 0 radical (unpaired) electrons. The molecule has 4 nitrogen and oxygen atoms in total. The highest BCUT2D eigenvalue weighted by Gasteiger charge is 2.32. The van der Waals surface area contributed by atoms with E-state index in [1.165, 1.54) is 5.57 Å². The third kappa shape index (κ3) is 3.42. The Bertz CT molecular complexity index is 327. The van der Waals surface area contributed by atoms with Crippen molar-refractivity contribution in [2.75, 3.05) is 19.7 Å². The summed E-state index contributed by atoms with van der Waals surface area (Å²) in [7, 11) is 0. The number of β-amino-alcohol motifs (C(OH)–C–C–N with tert-alkyl or cyclic N) is 1. The number of nitrogens with zero attached hydrogens (tertiary/aromatic N) is 1. The van der Waals surface area contributed by atoms with Crippen LogP contribution in [0.4, 0.5) is 0 Å². The van der Waals surface area contributed by atoms with Crippen molar-refractivity contribution < 1.29 is 15.3 Å². The fraction of sp³-hybridized carbons (Fsp3) is 0.714. The minimum Gasteiger partial charge on any atom is -0.395 e. The summed E-state index contributed by atoms with van der Waals surface area (Å²) in [6.45, 7) is 1.31. The molecule has 0 spiro atoms. The predicted molar refractivity (Wildman–Crippen MR) is 70.2 cm³/mol. The lowest BCUT2D eigenvalue weighted by molar-refractivity contribution is -0.0703. The van der Waals surface area contributed by atoms with Gasteiger partial charge < -0.3 is 15.3 Å². The minimum atomic E-state index is -0.702. The lowest BCUT2D eigenvalue weighted by atomic mass is 9.96. The Morgan fingerprint density at radius 1 is 1.22 bits per heavy atom. The topological polar surface area (TPSA) is 63.9 Å². The normalized spacial score (nSPS) is 33.5. The fourth-order valence-corrected chi connectivity index (χ4v) is 2.69. The van der Waals surface area contributed by atoms with Crippen molar-refractivity contribution in [2.45, 2.75) is 43.9 Å². The van der Waals surface area contributed by atoms with Crippen molar-refractivity contribution in [1.29, 1.82) is 0 Å². The first-order valence-electron chi connectivity index (χ1n) is 6.77. The maximum absolute atomic E-state index is 9.70. The van der Waals surface area contributed by atoms with E-state index in [9.17, 15) is 15.3 Å². The minimum absolute atomic E-state index is 0.0310. The van der Waals surface area contributed by atoms with Crippen molar-refractivity contribution in [3.8, 4) is 0 Å². The highest BCUT2D eigenvalue weighted by molar-refractivity contribution is 5.22. The van der Waals surface area contributed by atoms with Gasteiger partial charge >= 0.3 is 0 Å². The zero-order valence-corrected chi connectivity index (χ0v) is 10.7. The lowest BCUT2D eigenvalue weighted by Gasteiger charge is -2.39. The number of aliphatic hydroxyl groups excluding tert-OH is 3. The summed E-state index contributed by atoms with van der Waals surface area (Å²) in [5, 5.41) is 28.6. The molecule has 0 aromatic rings. The summed E-state index contributed by atoms with van der Waals surface area (Å²) in [6.07, 6.45) is 8.83. The van der Waals surface area contributed by atoms with E-state index in [2.05, 4.69) is 23.1 Å². The lowest BCUT2D eigenvalue weighted by Crippen LogP contribution is -2.53. The van der Waals surface area contributed by atoms with E-state index in [1.54, 1.807) is 0 Å². The highest BCUT2D eigenvalue weighted by Crippen LogP contribution is 2.20. The first-order chi connectivity index (χ1) is 8.70. The summed E-state index contributed by atoms with van der Waals surface area (Å²) >= 11 is 0. The van der Waals surface area contributed by atoms with Gasteiger partial charge in [-0.25, -0.2) is 0 Å². The van der Waals surface area contributed by atoms with Gasteiger partial charge in [-0.2, -0.15) is 0 Å². The Balaban J connectivity index is 1.86. The molecule has 0 aromatic heterocycles. The summed E-state index contributed by atoms with van der Waals surface area (Å²) in [5.74, 6) is 0. The third-order valence-corrected chi connectivity index (χ3v) is 3.87. The predicted octanol–water partition coefficient (Wildman–Crippen LogP) is 0.441. The standard InChI is InChI=1S/C14H23NO3/c16-10-12-8-13(17)14(18)9-15(12)7-6-11-4-2-1-3-5-11/h2,4-5,12-14,16-18H,1,3,6-10H2/t12-,13?,14+/m1/s1. The van der Waals surface area contributed by atoms with E-state index in [4.69, 9.17) is 0 Å². The fourth-order valence-electron chi connectivity index (χ4n) is 2.69. The maximum Gasteiger partial charge on any atom is 0.0926 e. The van der Waals surface area contributed by atoms with Crippen LogP contribution in [0.1, 0.15) is 25.7 Å². The van der Waals surface area contributed by atoms with E-state index in [0.717, 1.165) is 25.8 Å². The molecular formula is C14H23NO3. The van der Waals surface area contributed by atoms with E-state index < -0.39 is 12.2 Å². The second kappa shape index (κ2) is 6.48. The van der Waals surface area contributed by atoms with E-state index >= 15 is 0 Å². The van der Waals surface area contributed by atoms with E-state index in [-0.39, 0.29) is 12.6 Å². The molecular weight excluding hydrogens is 230 g/mol. The summed E-state index contributed by atoms with van der Waals surface area (Å²) in [5.41, 5.74) is 1.33. The smallest absolute Gasteiger partial charge is 0.0926 e. The molecule has 0 saturated carbocycles. The van der Waals surface area contributed by atoms with Gasteiger partial charge in [-0.05, 0) is 25.7 Å². The molecule has 1 unspecified atom stereocenters. The molecule has 0 amide bonds. The van der Waals surface area contributed by atoms with Crippen molar-refractivity contribution in [3.05, 3.63) is 23.8 Å². The van der Waals surface area contributed by atoms with Gasteiger partial charge in [-0.15, -0.1) is 0 Å². The van der Waals surface area contributed by atoms with Gasteiger partial charge in [0.15, 0.2) is 0 Å². The Hall–Kier alpha value is -0.680. The first kappa shape index (κ1) is 13.7. The zero-order valence-electron chi connectivity index (χ0n) is 10.7. The number of aliphatic hydroxyl groups is 3. The second-order valence-corrected chi connectivity index (χ2v) is 5.21. The largest absolute Gasteiger partial charge is 0.395 e. The number of hydrogen-bond donors (Lipinski definition) is 3. The summed E-state index contributed by atoms with van der Waals surface area (Å²) in [6, 6.07) is -0.0310. The van der Waals surface area contributed by atoms with Gasteiger partial charge in [0.05, 0.1) is 18.8 Å². The van der Waals surface area contributed by atoms with Gasteiger partial charge in [-0.1, -0.05) is 23.8 Å². The van der Waals surface area contributed by atoms with Gasteiger partial charge in [0.1, 0.15) is 0 Å². The van der Waals surface area contributed by atoms with Crippen LogP contribution in [0, 0.1) is 0 Å². The Labute approximate surface area is 108 Å². The SMILES string of the molecule is OC[C@H]1CC(O)[C@@H](O)CN1CCC1=CCCC=C1. The Morgan fingerprint density at radius 3 is 2.72 bits per heavy atom. The van der Waals surface area contributed by atoms with Crippen LogP contribution in [0.15, 0.2) is 23.8 Å². The van der Waals surface area contributed by atoms with Gasteiger partial charge in [0, 0.05) is 19.1 Å². The molecule has 0 aromatic carbocycles. The zero-order chi connectivity index (χ0) is 13.0. The molecule has 102 valence electrons. The van der Waals surface area contributed by atoms with Crippen molar-refractivity contribution in [3.63, 3.8) is 0 Å². The molecule has 1 heterocycles. The summed E-state index contributed by atoms with van der Waals surface area (Å²) in [4.78, 5) is 2.08. The van der Waals surface area contributed by atoms with Crippen molar-refractivity contribution in [1.82, 2.24) is 4.90 Å². The van der Waals surface area contributed by atoms with Gasteiger partial charge in [0.25, 0.3) is 0 Å². The molecule has 1 aliphatic heterocycles. The molecule has 18 heavy (non-hydrogen) atoms. The molecule has 1 fully saturated rings. The summed E-state index contributed by atoms with van der Waals surface area (Å²) < 4.78 is 0. The van der Waals surface area contributed by atoms with Crippen LogP contribution in [0.5, 0.6) is 0 Å². The van der Waals surface area contributed by atoms with Crippen molar-refractivity contribution in [2.24, 2.45) is 0 Å². The number of allylic oxidation sites excluding steroid dienone is 3. The Kier molecular flexibility index (Phi) is 4.95. The molecule has 2 aliphatic rings. The van der Waals surface area contributed by atoms with Crippen LogP contribution in [0.25, 0.3) is 0 Å². The van der Waals surface area contributed by atoms with Crippen LogP contribution < -0.4 is 0 Å². The number of piperidine rings is 1. The molecule has 3 N–H and O–H groups in total. The van der Waals surface area contributed by atoms with Crippen LogP contribution in [0.3, 0.4) is 0 Å². The molecule has 4 heteroatoms. The molecule has 2 rings (SSSR count). The average Bonchev–Trinajstić information content (AvgIpc) is 2.41. The third-order valence-electron chi connectivity index (χ3n) is 3.87. The Morgan fingerprint density at radius 2 is 2.06 bits per heavy atom.